The van der Waals surface area contributed by atoms with E-state index < -0.39 is 21.1 Å². The maximum atomic E-state index is 11.8. The molecular weight excluding hydrogens is 284 g/mol. The number of carbonyl (C=O) groups is 1. The summed E-state index contributed by atoms with van der Waals surface area (Å²) in [5.74, 6) is -0.686. The van der Waals surface area contributed by atoms with E-state index in [1.807, 2.05) is 0 Å². The number of hydrogen-bond donors (Lipinski definition) is 1. The van der Waals surface area contributed by atoms with Crippen molar-refractivity contribution in [3.8, 4) is 0 Å². The zero-order chi connectivity index (χ0) is 15.3. The highest BCUT2D eigenvalue weighted by Gasteiger charge is 2.22. The molecule has 0 aliphatic carbocycles. The lowest BCUT2D eigenvalue weighted by atomic mass is 10.3. The van der Waals surface area contributed by atoms with Gasteiger partial charge in [-0.15, -0.1) is 5.10 Å². The molecule has 0 bridgehead atoms. The SMILES string of the molecule is CCOC(=O)c1nnn(CCS(=O)(=O)C(C)C)c1CN. The molecule has 1 aromatic heterocycles. The lowest BCUT2D eigenvalue weighted by molar-refractivity contribution is 0.0518. The summed E-state index contributed by atoms with van der Waals surface area (Å²) in [7, 11) is -3.19. The predicted molar refractivity (Wildman–Crippen MR) is 72.8 cm³/mol. The van der Waals surface area contributed by atoms with Crippen molar-refractivity contribution in [2.24, 2.45) is 5.73 Å². The molecule has 0 saturated carbocycles. The molecule has 0 aliphatic heterocycles. The van der Waals surface area contributed by atoms with Crippen LogP contribution in [0.2, 0.25) is 0 Å². The zero-order valence-electron chi connectivity index (χ0n) is 11.9. The van der Waals surface area contributed by atoms with Crippen molar-refractivity contribution in [2.45, 2.75) is 39.1 Å². The molecule has 9 heteroatoms. The van der Waals surface area contributed by atoms with Crippen molar-refractivity contribution in [2.75, 3.05) is 12.4 Å². The number of rotatable bonds is 7. The second-order valence-corrected chi connectivity index (χ2v) is 7.12. The van der Waals surface area contributed by atoms with Crippen LogP contribution in [0.15, 0.2) is 0 Å². The highest BCUT2D eigenvalue weighted by Crippen LogP contribution is 2.08. The molecule has 0 radical (unpaired) electrons. The van der Waals surface area contributed by atoms with Crippen LogP contribution in [0, 0.1) is 0 Å². The van der Waals surface area contributed by atoms with E-state index in [1.165, 1.54) is 4.68 Å². The van der Waals surface area contributed by atoms with E-state index in [-0.39, 0.29) is 31.1 Å². The van der Waals surface area contributed by atoms with Crippen molar-refractivity contribution >= 4 is 15.8 Å². The number of aryl methyl sites for hydroxylation is 1. The van der Waals surface area contributed by atoms with Crippen molar-refractivity contribution in [3.63, 3.8) is 0 Å². The molecular formula is C11H20N4O4S. The summed E-state index contributed by atoms with van der Waals surface area (Å²) in [6.07, 6.45) is 0. The van der Waals surface area contributed by atoms with Gasteiger partial charge in [0.2, 0.25) is 0 Å². The second-order valence-electron chi connectivity index (χ2n) is 4.45. The summed E-state index contributed by atoms with van der Waals surface area (Å²) in [5, 5.41) is 7.03. The normalized spacial score (nSPS) is 11.8. The molecule has 1 heterocycles. The molecule has 20 heavy (non-hydrogen) atoms. The van der Waals surface area contributed by atoms with Crippen LogP contribution < -0.4 is 5.73 Å². The molecule has 0 aliphatic rings. The molecule has 0 unspecified atom stereocenters. The fourth-order valence-corrected chi connectivity index (χ4v) is 2.42. The first-order chi connectivity index (χ1) is 9.33. The Kier molecular flexibility index (Phi) is 5.63. The van der Waals surface area contributed by atoms with Gasteiger partial charge in [-0.3, -0.25) is 0 Å². The number of esters is 1. The number of aromatic nitrogens is 3. The van der Waals surface area contributed by atoms with Gasteiger partial charge in [0, 0.05) is 6.54 Å². The molecule has 0 aromatic carbocycles. The van der Waals surface area contributed by atoms with Gasteiger partial charge < -0.3 is 10.5 Å². The summed E-state index contributed by atoms with van der Waals surface area (Å²) in [6.45, 7) is 5.27. The summed E-state index contributed by atoms with van der Waals surface area (Å²) in [4.78, 5) is 11.6. The summed E-state index contributed by atoms with van der Waals surface area (Å²) in [6, 6.07) is 0. The fourth-order valence-electron chi connectivity index (χ4n) is 1.52. The van der Waals surface area contributed by atoms with Gasteiger partial charge in [-0.25, -0.2) is 17.9 Å². The van der Waals surface area contributed by atoms with E-state index in [4.69, 9.17) is 10.5 Å². The third-order valence-electron chi connectivity index (χ3n) is 2.81. The first-order valence-electron chi connectivity index (χ1n) is 6.34. The lowest BCUT2D eigenvalue weighted by Gasteiger charge is -2.09. The van der Waals surface area contributed by atoms with Gasteiger partial charge in [0.05, 0.1) is 29.8 Å². The van der Waals surface area contributed by atoms with E-state index >= 15 is 0 Å². The topological polar surface area (TPSA) is 117 Å². The Balaban J connectivity index is 2.90. The summed E-state index contributed by atoms with van der Waals surface area (Å²) >= 11 is 0. The minimum Gasteiger partial charge on any atom is -0.461 e. The van der Waals surface area contributed by atoms with Gasteiger partial charge in [-0.2, -0.15) is 0 Å². The van der Waals surface area contributed by atoms with Crippen molar-refractivity contribution < 1.29 is 17.9 Å². The van der Waals surface area contributed by atoms with Gasteiger partial charge in [0.25, 0.3) is 0 Å². The first kappa shape index (κ1) is 16.6. The average molecular weight is 304 g/mol. The largest absolute Gasteiger partial charge is 0.461 e. The smallest absolute Gasteiger partial charge is 0.360 e. The molecule has 0 amide bonds. The third-order valence-corrected chi connectivity index (χ3v) is 4.99. The van der Waals surface area contributed by atoms with Crippen LogP contribution in [0.4, 0.5) is 0 Å². The number of carbonyl (C=O) groups excluding carboxylic acids is 1. The highest BCUT2D eigenvalue weighted by molar-refractivity contribution is 7.91. The lowest BCUT2D eigenvalue weighted by Crippen LogP contribution is -2.23. The standard InChI is InChI=1S/C11H20N4O4S/c1-4-19-11(16)10-9(7-12)15(14-13-10)5-6-20(17,18)8(2)3/h8H,4-7,12H2,1-3H3. The molecule has 8 nitrogen and oxygen atoms in total. The molecule has 1 rings (SSSR count). The Bertz CT molecular complexity index is 565. The van der Waals surface area contributed by atoms with Crippen molar-refractivity contribution in [1.29, 1.82) is 0 Å². The maximum absolute atomic E-state index is 11.8. The Morgan fingerprint density at radius 2 is 2.10 bits per heavy atom. The predicted octanol–water partition coefficient (Wildman–Crippen LogP) is -0.263. The van der Waals surface area contributed by atoms with Gasteiger partial charge in [-0.1, -0.05) is 5.21 Å². The maximum Gasteiger partial charge on any atom is 0.360 e. The highest BCUT2D eigenvalue weighted by atomic mass is 32.2. The van der Waals surface area contributed by atoms with Gasteiger partial charge in [0.15, 0.2) is 15.5 Å². The summed E-state index contributed by atoms with van der Waals surface area (Å²) < 4.78 is 29.7. The Hall–Kier alpha value is -1.48. The number of nitrogens with zero attached hydrogens (tertiary/aromatic N) is 3. The molecule has 0 spiro atoms. The van der Waals surface area contributed by atoms with Crippen LogP contribution in [0.5, 0.6) is 0 Å². The fraction of sp³-hybridized carbons (Fsp3) is 0.727. The molecule has 1 aromatic rings. The second kappa shape index (κ2) is 6.80. The molecule has 2 N–H and O–H groups in total. The Labute approximate surface area is 118 Å². The van der Waals surface area contributed by atoms with Gasteiger partial charge >= 0.3 is 5.97 Å². The minimum atomic E-state index is -3.19. The average Bonchev–Trinajstić information content (AvgIpc) is 2.79. The first-order valence-corrected chi connectivity index (χ1v) is 8.06. The summed E-state index contributed by atoms with van der Waals surface area (Å²) in [5.41, 5.74) is 5.99. The van der Waals surface area contributed by atoms with E-state index in [0.29, 0.717) is 5.69 Å². The molecule has 0 saturated heterocycles. The Morgan fingerprint density at radius 1 is 1.45 bits per heavy atom. The molecule has 0 atom stereocenters. The van der Waals surface area contributed by atoms with Crippen LogP contribution >= 0.6 is 0 Å². The quantitative estimate of drug-likeness (QED) is 0.689. The van der Waals surface area contributed by atoms with Crippen LogP contribution in [-0.2, 0) is 27.7 Å². The van der Waals surface area contributed by atoms with Crippen molar-refractivity contribution in [3.05, 3.63) is 11.4 Å². The van der Waals surface area contributed by atoms with E-state index in [0.717, 1.165) is 0 Å². The minimum absolute atomic E-state index is 0.0306. The van der Waals surface area contributed by atoms with E-state index in [2.05, 4.69) is 10.3 Å². The zero-order valence-corrected chi connectivity index (χ0v) is 12.7. The Morgan fingerprint density at radius 3 is 2.60 bits per heavy atom. The number of ether oxygens (including phenoxy) is 1. The number of sulfone groups is 1. The van der Waals surface area contributed by atoms with Crippen LogP contribution in [-0.4, -0.2) is 47.0 Å². The van der Waals surface area contributed by atoms with Crippen molar-refractivity contribution in [1.82, 2.24) is 15.0 Å². The van der Waals surface area contributed by atoms with Gasteiger partial charge in [0.1, 0.15) is 0 Å². The van der Waals surface area contributed by atoms with E-state index in [9.17, 15) is 13.2 Å². The third kappa shape index (κ3) is 3.76. The number of hydrogen-bond acceptors (Lipinski definition) is 7. The van der Waals surface area contributed by atoms with Gasteiger partial charge in [-0.05, 0) is 20.8 Å². The van der Waals surface area contributed by atoms with E-state index in [1.54, 1.807) is 20.8 Å². The molecule has 0 fully saturated rings. The van der Waals surface area contributed by atoms with Crippen LogP contribution in [0.3, 0.4) is 0 Å². The monoisotopic (exact) mass is 304 g/mol. The van der Waals surface area contributed by atoms with Crippen LogP contribution in [0.25, 0.3) is 0 Å². The molecule has 114 valence electrons. The number of nitrogens with two attached hydrogens (primary N) is 1. The van der Waals surface area contributed by atoms with Crippen LogP contribution in [0.1, 0.15) is 37.0 Å².